The number of hydrogen-bond donors (Lipinski definition) is 3. The minimum Gasteiger partial charge on any atom is -0.550 e. The average molecular weight is 300 g/mol. The van der Waals surface area contributed by atoms with E-state index in [9.17, 15) is 19.5 Å². The summed E-state index contributed by atoms with van der Waals surface area (Å²) in [5.41, 5.74) is 5.11. The first kappa shape index (κ1) is 17.4. The highest BCUT2D eigenvalue weighted by atomic mass is 16.4. The Hall–Kier alpha value is -1.63. The molecule has 120 valence electrons. The molecular formula is C14H24N2O5. The van der Waals surface area contributed by atoms with Crippen LogP contribution in [-0.4, -0.2) is 36.0 Å². The molecule has 1 aliphatic carbocycles. The van der Waals surface area contributed by atoms with E-state index in [4.69, 9.17) is 10.8 Å². The third-order valence-electron chi connectivity index (χ3n) is 4.23. The molecular weight excluding hydrogens is 276 g/mol. The second-order valence-electron chi connectivity index (χ2n) is 5.70. The first-order chi connectivity index (χ1) is 9.93. The molecule has 2 aliphatic rings. The summed E-state index contributed by atoms with van der Waals surface area (Å²) in [6.07, 6.45) is 4.45. The summed E-state index contributed by atoms with van der Waals surface area (Å²) in [4.78, 5) is 31.6. The number of carboxylic acids is 2. The Balaban J connectivity index is 0.000000219. The summed E-state index contributed by atoms with van der Waals surface area (Å²) in [6, 6.07) is 0. The van der Waals surface area contributed by atoms with Gasteiger partial charge in [0, 0.05) is 30.6 Å². The van der Waals surface area contributed by atoms with Crippen molar-refractivity contribution in [2.75, 3.05) is 13.1 Å². The number of carboxylic acid groups (broad SMARTS) is 2. The van der Waals surface area contributed by atoms with Crippen molar-refractivity contribution in [3.8, 4) is 0 Å². The molecule has 1 aliphatic heterocycles. The highest BCUT2D eigenvalue weighted by Crippen LogP contribution is 2.29. The van der Waals surface area contributed by atoms with E-state index < -0.39 is 23.8 Å². The quantitative estimate of drug-likeness (QED) is 0.557. The lowest BCUT2D eigenvalue weighted by Crippen LogP contribution is -2.86. The molecule has 0 bridgehead atoms. The molecule has 1 amide bonds. The Kier molecular flexibility index (Phi) is 7.14. The van der Waals surface area contributed by atoms with Crippen LogP contribution < -0.4 is 16.2 Å². The second kappa shape index (κ2) is 8.61. The number of amides is 1. The van der Waals surface area contributed by atoms with Crippen molar-refractivity contribution in [2.45, 2.75) is 38.5 Å². The van der Waals surface area contributed by atoms with Crippen LogP contribution >= 0.6 is 0 Å². The van der Waals surface area contributed by atoms with E-state index >= 15 is 0 Å². The van der Waals surface area contributed by atoms with Crippen LogP contribution in [0.4, 0.5) is 0 Å². The van der Waals surface area contributed by atoms with Crippen molar-refractivity contribution in [2.24, 2.45) is 23.5 Å². The van der Waals surface area contributed by atoms with Crippen molar-refractivity contribution < 1.29 is 29.9 Å². The van der Waals surface area contributed by atoms with Gasteiger partial charge in [-0.05, 0) is 12.8 Å². The van der Waals surface area contributed by atoms with E-state index in [-0.39, 0.29) is 11.8 Å². The Morgan fingerprint density at radius 3 is 1.86 bits per heavy atom. The summed E-state index contributed by atoms with van der Waals surface area (Å²) >= 11 is 0. The molecule has 0 unspecified atom stereocenters. The van der Waals surface area contributed by atoms with Crippen LogP contribution in [0.2, 0.25) is 0 Å². The van der Waals surface area contributed by atoms with E-state index in [0.29, 0.717) is 12.8 Å². The highest BCUT2D eigenvalue weighted by molar-refractivity contribution is 5.79. The van der Waals surface area contributed by atoms with Gasteiger partial charge < -0.3 is 26.1 Å². The zero-order valence-corrected chi connectivity index (χ0v) is 12.1. The molecule has 0 aromatic heterocycles. The summed E-state index contributed by atoms with van der Waals surface area (Å²) < 4.78 is 0. The fraction of sp³-hybridized carbons (Fsp3) is 0.786. The molecule has 0 spiro atoms. The standard InChI is InChI=1S/C8H12O4.C6H12N2O/c9-7(10)5-3-1-2-4-6(5)8(11)12;7-6(9)5-1-3-8-4-2-5/h5-6H,1-4H2,(H,9,10)(H,11,12);5,8H,1-4H2,(H2,7,9)/t5-,6+;. The molecule has 2 atom stereocenters. The number of aliphatic carboxylic acids is 2. The predicted octanol–water partition coefficient (Wildman–Crippen LogP) is -1.93. The summed E-state index contributed by atoms with van der Waals surface area (Å²) in [5.74, 6) is -3.70. The van der Waals surface area contributed by atoms with Crippen LogP contribution in [0.3, 0.4) is 0 Å². The van der Waals surface area contributed by atoms with Crippen LogP contribution in [-0.2, 0) is 14.4 Å². The Labute approximate surface area is 123 Å². The molecule has 5 N–H and O–H groups in total. The lowest BCUT2D eigenvalue weighted by Gasteiger charge is -2.28. The molecule has 0 radical (unpaired) electrons. The lowest BCUT2D eigenvalue weighted by atomic mass is 9.79. The molecule has 0 aromatic rings. The van der Waals surface area contributed by atoms with Gasteiger partial charge in [-0.3, -0.25) is 9.59 Å². The smallest absolute Gasteiger partial charge is 0.307 e. The first-order valence-corrected chi connectivity index (χ1v) is 7.48. The molecule has 1 saturated heterocycles. The predicted molar refractivity (Wildman–Crippen MR) is 71.7 cm³/mol. The van der Waals surface area contributed by atoms with Crippen molar-refractivity contribution in [3.05, 3.63) is 0 Å². The van der Waals surface area contributed by atoms with Crippen LogP contribution in [0.25, 0.3) is 0 Å². The normalized spacial score (nSPS) is 26.3. The highest BCUT2D eigenvalue weighted by Gasteiger charge is 2.31. The number of primary amides is 1. The number of rotatable bonds is 3. The van der Waals surface area contributed by atoms with Gasteiger partial charge in [0.05, 0.1) is 19.0 Å². The Bertz CT molecular complexity index is 358. The molecule has 7 heteroatoms. The molecule has 0 aromatic carbocycles. The van der Waals surface area contributed by atoms with E-state index in [1.807, 2.05) is 0 Å². The van der Waals surface area contributed by atoms with Gasteiger partial charge in [-0.1, -0.05) is 12.8 Å². The SMILES string of the molecule is NC(=O)C1CC[NH2+]CC1.O=C(O)[C@H]1CCCC[C@H]1C(=O)[O-]. The monoisotopic (exact) mass is 300 g/mol. The summed E-state index contributed by atoms with van der Waals surface area (Å²) in [7, 11) is 0. The van der Waals surface area contributed by atoms with Gasteiger partial charge in [-0.15, -0.1) is 0 Å². The zero-order chi connectivity index (χ0) is 15.8. The van der Waals surface area contributed by atoms with E-state index in [0.717, 1.165) is 38.8 Å². The minimum absolute atomic E-state index is 0.122. The number of quaternary nitrogens is 1. The van der Waals surface area contributed by atoms with Crippen molar-refractivity contribution >= 4 is 17.8 Å². The van der Waals surface area contributed by atoms with E-state index in [2.05, 4.69) is 5.32 Å². The molecule has 1 heterocycles. The van der Waals surface area contributed by atoms with Gasteiger partial charge >= 0.3 is 5.97 Å². The second-order valence-corrected chi connectivity index (χ2v) is 5.70. The molecule has 1 saturated carbocycles. The third-order valence-corrected chi connectivity index (χ3v) is 4.23. The van der Waals surface area contributed by atoms with Crippen molar-refractivity contribution in [1.29, 1.82) is 0 Å². The van der Waals surface area contributed by atoms with Crippen LogP contribution in [0.1, 0.15) is 38.5 Å². The maximum atomic E-state index is 10.6. The fourth-order valence-corrected chi connectivity index (χ4v) is 2.92. The lowest BCUT2D eigenvalue weighted by molar-refractivity contribution is -0.663. The van der Waals surface area contributed by atoms with E-state index in [1.54, 1.807) is 0 Å². The maximum absolute atomic E-state index is 10.6. The van der Waals surface area contributed by atoms with Gasteiger partial charge in [0.25, 0.3) is 0 Å². The third kappa shape index (κ3) is 5.71. The number of carbonyl (C=O) groups excluding carboxylic acids is 2. The number of hydrogen-bond acceptors (Lipinski definition) is 4. The van der Waals surface area contributed by atoms with Gasteiger partial charge in [-0.2, -0.15) is 0 Å². The van der Waals surface area contributed by atoms with Gasteiger partial charge in [0.2, 0.25) is 5.91 Å². The van der Waals surface area contributed by atoms with Gasteiger partial charge in [-0.25, -0.2) is 0 Å². The van der Waals surface area contributed by atoms with Crippen molar-refractivity contribution in [3.63, 3.8) is 0 Å². The van der Waals surface area contributed by atoms with Crippen LogP contribution in [0, 0.1) is 17.8 Å². The largest absolute Gasteiger partial charge is 0.550 e. The topological polar surface area (TPSA) is 137 Å². The molecule has 21 heavy (non-hydrogen) atoms. The molecule has 2 rings (SSSR count). The van der Waals surface area contributed by atoms with E-state index in [1.165, 1.54) is 0 Å². The Morgan fingerprint density at radius 2 is 1.52 bits per heavy atom. The minimum atomic E-state index is -1.22. The number of nitrogens with two attached hydrogens (primary N) is 2. The van der Waals surface area contributed by atoms with Gasteiger partial charge in [0.15, 0.2) is 0 Å². The summed E-state index contributed by atoms with van der Waals surface area (Å²) in [5, 5.41) is 21.4. The number of piperidine rings is 1. The first-order valence-electron chi connectivity index (χ1n) is 7.48. The number of carbonyl (C=O) groups is 3. The fourth-order valence-electron chi connectivity index (χ4n) is 2.92. The van der Waals surface area contributed by atoms with Gasteiger partial charge in [0.1, 0.15) is 0 Å². The zero-order valence-electron chi connectivity index (χ0n) is 12.1. The summed E-state index contributed by atoms with van der Waals surface area (Å²) in [6.45, 7) is 2.13. The van der Waals surface area contributed by atoms with Crippen LogP contribution in [0.15, 0.2) is 0 Å². The maximum Gasteiger partial charge on any atom is 0.307 e. The van der Waals surface area contributed by atoms with Crippen LogP contribution in [0.5, 0.6) is 0 Å². The Morgan fingerprint density at radius 1 is 1.00 bits per heavy atom. The van der Waals surface area contributed by atoms with Crippen molar-refractivity contribution in [1.82, 2.24) is 0 Å². The molecule has 7 nitrogen and oxygen atoms in total. The average Bonchev–Trinajstić information content (AvgIpc) is 2.48. The molecule has 2 fully saturated rings.